The highest BCUT2D eigenvalue weighted by Gasteiger charge is 1.89. The molecule has 2 heteroatoms. The Hall–Kier alpha value is -1.31. The molecule has 1 aromatic rings. The summed E-state index contributed by atoms with van der Waals surface area (Å²) in [5, 5.41) is 2.94. The Morgan fingerprint density at radius 3 is 3.00 bits per heavy atom. The molecule has 2 nitrogen and oxygen atoms in total. The lowest BCUT2D eigenvalue weighted by Crippen LogP contribution is -1.88. The molecule has 0 saturated carbocycles. The van der Waals surface area contributed by atoms with Crippen LogP contribution in [-0.2, 0) is 0 Å². The smallest absolute Gasteiger partial charge is 0.150 e. The summed E-state index contributed by atoms with van der Waals surface area (Å²) in [6.07, 6.45) is 0.834. The molecular weight excluding hydrogens is 126 g/mol. The molecule has 54 valence electrons. The molecule has 0 fully saturated rings. The first-order chi connectivity index (χ1) is 4.86. The van der Waals surface area contributed by atoms with Gasteiger partial charge in [0.15, 0.2) is 0 Å². The van der Waals surface area contributed by atoms with Crippen LogP contribution >= 0.6 is 0 Å². The monoisotopic (exact) mass is 137 g/mol. The normalized spacial score (nSPS) is 8.90. The summed E-state index contributed by atoms with van der Waals surface area (Å²) >= 11 is 0. The van der Waals surface area contributed by atoms with E-state index in [0.29, 0.717) is 5.56 Å². The van der Waals surface area contributed by atoms with E-state index in [9.17, 15) is 4.79 Å². The van der Waals surface area contributed by atoms with Crippen molar-refractivity contribution in [2.24, 2.45) is 0 Å². The highest BCUT2D eigenvalue weighted by molar-refractivity contribution is 5.76. The topological polar surface area (TPSA) is 29.1 Å². The van der Waals surface area contributed by atoms with Gasteiger partial charge in [-0.3, -0.25) is 4.79 Å². The maximum atomic E-state index is 10.2. The van der Waals surface area contributed by atoms with Crippen LogP contribution in [0.5, 0.6) is 0 Å². The van der Waals surface area contributed by atoms with Crippen molar-refractivity contribution in [1.82, 2.24) is 0 Å². The van der Waals surface area contributed by atoms with Gasteiger partial charge in [-0.05, 0) is 12.1 Å². The van der Waals surface area contributed by atoms with Crippen molar-refractivity contribution >= 4 is 12.0 Å². The average molecular weight is 137 g/mol. The molecule has 0 heterocycles. The van der Waals surface area contributed by atoms with Gasteiger partial charge in [0.25, 0.3) is 0 Å². The lowest BCUT2D eigenvalue weighted by atomic mass is 10.2. The molecule has 1 N–H and O–H groups in total. The predicted molar refractivity (Wildman–Crippen MR) is 43.5 cm³/mol. The van der Waals surface area contributed by atoms with Crippen molar-refractivity contribution < 1.29 is 6.22 Å². The van der Waals surface area contributed by atoms with E-state index < -0.39 is 0 Å². The van der Waals surface area contributed by atoms with Crippen LogP contribution in [0.2, 0.25) is 0 Å². The van der Waals surface area contributed by atoms with E-state index in [1.807, 2.05) is 19.2 Å². The Kier molecular flexibility index (Phi) is 2.05. The number of rotatable bonds is 2. The van der Waals surface area contributed by atoms with E-state index >= 15 is 0 Å². The third kappa shape index (κ3) is 1.35. The maximum Gasteiger partial charge on any atom is 0.150 e. The van der Waals surface area contributed by atoms with Crippen LogP contribution in [0, 0.1) is 0 Å². The number of hydrogen-bond acceptors (Lipinski definition) is 2. The van der Waals surface area contributed by atoms with Gasteiger partial charge < -0.3 is 5.32 Å². The zero-order chi connectivity index (χ0) is 7.40. The van der Waals surface area contributed by atoms with E-state index in [-0.39, 0.29) is 1.43 Å². The van der Waals surface area contributed by atoms with Gasteiger partial charge >= 0.3 is 0 Å². The summed E-state index contributed by atoms with van der Waals surface area (Å²) in [7, 11) is 1.82. The Balaban J connectivity index is 0.000001000. The minimum absolute atomic E-state index is 0. The molecule has 10 heavy (non-hydrogen) atoms. The first kappa shape index (κ1) is 6.81. The fraction of sp³-hybridized carbons (Fsp3) is 0.125. The SMILES string of the molecule is CNc1cccc(C=O)c1.[HH]. The molecular formula is C8H11NO. The van der Waals surface area contributed by atoms with Gasteiger partial charge in [0.2, 0.25) is 0 Å². The maximum absolute atomic E-state index is 10.2. The zero-order valence-corrected chi connectivity index (χ0v) is 5.79. The molecule has 0 bridgehead atoms. The summed E-state index contributed by atoms with van der Waals surface area (Å²) < 4.78 is 0. The van der Waals surface area contributed by atoms with Crippen molar-refractivity contribution in [3.8, 4) is 0 Å². The number of aldehydes is 1. The fourth-order valence-corrected chi connectivity index (χ4v) is 0.767. The molecule has 0 aliphatic carbocycles. The Morgan fingerprint density at radius 2 is 2.40 bits per heavy atom. The van der Waals surface area contributed by atoms with Gasteiger partial charge in [-0.1, -0.05) is 12.1 Å². The van der Waals surface area contributed by atoms with Gasteiger partial charge in [-0.25, -0.2) is 0 Å². The van der Waals surface area contributed by atoms with Gasteiger partial charge in [0, 0.05) is 19.7 Å². The van der Waals surface area contributed by atoms with Gasteiger partial charge in [-0.15, -0.1) is 0 Å². The van der Waals surface area contributed by atoms with Crippen LogP contribution in [0.1, 0.15) is 11.8 Å². The number of carbonyl (C=O) groups is 1. The Bertz CT molecular complexity index is 237. The standard InChI is InChI=1S/C8H9NO.H2/c1-9-8-4-2-3-7(5-8)6-10;/h2-6,9H,1H3;1H. The van der Waals surface area contributed by atoms with Crippen molar-refractivity contribution in [3.05, 3.63) is 29.8 Å². The minimum Gasteiger partial charge on any atom is -0.388 e. The second-order valence-corrected chi connectivity index (χ2v) is 1.99. The van der Waals surface area contributed by atoms with Crippen molar-refractivity contribution in [3.63, 3.8) is 0 Å². The van der Waals surface area contributed by atoms with Gasteiger partial charge in [0.1, 0.15) is 6.29 Å². The van der Waals surface area contributed by atoms with Gasteiger partial charge in [0.05, 0.1) is 0 Å². The Morgan fingerprint density at radius 1 is 1.60 bits per heavy atom. The van der Waals surface area contributed by atoms with Crippen molar-refractivity contribution in [2.45, 2.75) is 0 Å². The molecule has 1 aromatic carbocycles. The third-order valence-corrected chi connectivity index (χ3v) is 1.31. The summed E-state index contributed by atoms with van der Waals surface area (Å²) in [5.74, 6) is 0. The second-order valence-electron chi connectivity index (χ2n) is 1.99. The molecule has 0 unspecified atom stereocenters. The Labute approximate surface area is 61.4 Å². The highest BCUT2D eigenvalue weighted by atomic mass is 16.1. The average Bonchev–Trinajstić information content (AvgIpc) is 2.05. The lowest BCUT2D eigenvalue weighted by Gasteiger charge is -1.97. The van der Waals surface area contributed by atoms with Crippen molar-refractivity contribution in [2.75, 3.05) is 12.4 Å². The molecule has 0 amide bonds. The number of anilines is 1. The molecule has 0 radical (unpaired) electrons. The van der Waals surface area contributed by atoms with Crippen LogP contribution in [0.25, 0.3) is 0 Å². The molecule has 0 aliphatic rings. The van der Waals surface area contributed by atoms with Crippen LogP contribution in [0.15, 0.2) is 24.3 Å². The number of nitrogens with one attached hydrogen (secondary N) is 1. The first-order valence-corrected chi connectivity index (χ1v) is 3.10. The molecule has 1 rings (SSSR count). The van der Waals surface area contributed by atoms with Crippen LogP contribution < -0.4 is 5.32 Å². The summed E-state index contributed by atoms with van der Waals surface area (Å²) in [5.41, 5.74) is 1.66. The molecule has 0 saturated heterocycles. The number of benzene rings is 1. The minimum atomic E-state index is 0. The largest absolute Gasteiger partial charge is 0.388 e. The first-order valence-electron chi connectivity index (χ1n) is 3.10. The molecule has 0 aliphatic heterocycles. The van der Waals surface area contributed by atoms with Crippen molar-refractivity contribution in [1.29, 1.82) is 0 Å². The summed E-state index contributed by atoms with van der Waals surface area (Å²) in [6.45, 7) is 0. The quantitative estimate of drug-likeness (QED) is 0.629. The van der Waals surface area contributed by atoms with E-state index in [0.717, 1.165) is 12.0 Å². The third-order valence-electron chi connectivity index (χ3n) is 1.31. The van der Waals surface area contributed by atoms with E-state index in [1.54, 1.807) is 12.1 Å². The lowest BCUT2D eigenvalue weighted by molar-refractivity contribution is 0.112. The van der Waals surface area contributed by atoms with Crippen LogP contribution in [0.4, 0.5) is 5.69 Å². The number of hydrogen-bond donors (Lipinski definition) is 1. The predicted octanol–water partition coefficient (Wildman–Crippen LogP) is 1.79. The summed E-state index contributed by atoms with van der Waals surface area (Å²) in [6, 6.07) is 7.32. The van der Waals surface area contributed by atoms with Crippen LogP contribution in [0.3, 0.4) is 0 Å². The molecule has 0 aromatic heterocycles. The van der Waals surface area contributed by atoms with Gasteiger partial charge in [-0.2, -0.15) is 0 Å². The van der Waals surface area contributed by atoms with E-state index in [2.05, 4.69) is 5.32 Å². The second kappa shape index (κ2) is 3.01. The number of carbonyl (C=O) groups excluding carboxylic acids is 1. The van der Waals surface area contributed by atoms with E-state index in [4.69, 9.17) is 0 Å². The molecule has 0 spiro atoms. The van der Waals surface area contributed by atoms with E-state index in [1.165, 1.54) is 0 Å². The fourth-order valence-electron chi connectivity index (χ4n) is 0.767. The highest BCUT2D eigenvalue weighted by Crippen LogP contribution is 2.06. The molecule has 0 atom stereocenters. The van der Waals surface area contributed by atoms with Crippen LogP contribution in [-0.4, -0.2) is 13.3 Å². The summed E-state index contributed by atoms with van der Waals surface area (Å²) in [4.78, 5) is 10.2. The zero-order valence-electron chi connectivity index (χ0n) is 5.79.